The van der Waals surface area contributed by atoms with Crippen LogP contribution in [0, 0.1) is 0 Å². The minimum atomic E-state index is -3.94. The zero-order valence-corrected chi connectivity index (χ0v) is 13.9. The molecular formula is C17H17N3O3S. The van der Waals surface area contributed by atoms with Crippen LogP contribution in [0.1, 0.15) is 19.4 Å². The van der Waals surface area contributed by atoms with Gasteiger partial charge in [-0.05, 0) is 31.2 Å². The largest absolute Gasteiger partial charge is 0.351 e. The third-order valence-corrected chi connectivity index (χ3v) is 5.23. The highest BCUT2D eigenvalue weighted by Gasteiger charge is 2.21. The number of fused-ring (bicyclic) bond motifs is 1. The first-order valence-corrected chi connectivity index (χ1v) is 8.96. The number of benzene rings is 1. The van der Waals surface area contributed by atoms with Crippen molar-refractivity contribution in [3.8, 4) is 0 Å². The molecule has 0 aliphatic carbocycles. The number of pyridine rings is 1. The van der Waals surface area contributed by atoms with Crippen LogP contribution in [0.5, 0.6) is 0 Å². The van der Waals surface area contributed by atoms with E-state index in [-0.39, 0.29) is 17.4 Å². The molecule has 0 saturated heterocycles. The number of carbonyl (C=O) groups is 1. The minimum Gasteiger partial charge on any atom is -0.351 e. The monoisotopic (exact) mass is 343 g/mol. The Morgan fingerprint density at radius 2 is 1.96 bits per heavy atom. The smallest absolute Gasteiger partial charge is 0.264 e. The van der Waals surface area contributed by atoms with E-state index < -0.39 is 15.9 Å². The molecule has 0 bridgehead atoms. The van der Waals surface area contributed by atoms with Crippen molar-refractivity contribution < 1.29 is 13.2 Å². The van der Waals surface area contributed by atoms with Crippen molar-refractivity contribution >= 4 is 26.7 Å². The Balaban J connectivity index is 1.81. The van der Waals surface area contributed by atoms with Crippen molar-refractivity contribution in [2.24, 2.45) is 0 Å². The maximum Gasteiger partial charge on any atom is 0.264 e. The molecule has 0 fully saturated rings. The van der Waals surface area contributed by atoms with Crippen molar-refractivity contribution in [3.63, 3.8) is 0 Å². The Kier molecular flexibility index (Phi) is 4.35. The zero-order chi connectivity index (χ0) is 17.2. The molecular weight excluding hydrogens is 326 g/mol. The summed E-state index contributed by atoms with van der Waals surface area (Å²) in [6.45, 7) is 1.86. The highest BCUT2D eigenvalue weighted by molar-refractivity contribution is 7.90. The summed E-state index contributed by atoms with van der Waals surface area (Å²) >= 11 is 0. The summed E-state index contributed by atoms with van der Waals surface area (Å²) in [6, 6.07) is 10.1. The molecule has 124 valence electrons. The van der Waals surface area contributed by atoms with E-state index in [2.05, 4.69) is 9.71 Å². The van der Waals surface area contributed by atoms with Crippen LogP contribution in [0.4, 0.5) is 0 Å². The van der Waals surface area contributed by atoms with Crippen LogP contribution in [-0.2, 0) is 14.8 Å². The number of nitrogens with one attached hydrogen (secondary N) is 1. The van der Waals surface area contributed by atoms with Crippen LogP contribution in [-0.4, -0.2) is 23.9 Å². The maximum atomic E-state index is 12.6. The van der Waals surface area contributed by atoms with Gasteiger partial charge in [0.1, 0.15) is 0 Å². The van der Waals surface area contributed by atoms with Gasteiger partial charge in [0.05, 0.1) is 4.90 Å². The van der Waals surface area contributed by atoms with Crippen LogP contribution in [0.25, 0.3) is 10.8 Å². The SMILES string of the molecule is CC(CC(=O)NS(=O)(=O)c1cccc2cnccc12)n1cccc1. The number of aromatic nitrogens is 2. The van der Waals surface area contributed by atoms with Crippen molar-refractivity contribution in [2.45, 2.75) is 24.3 Å². The van der Waals surface area contributed by atoms with Crippen molar-refractivity contribution in [3.05, 3.63) is 61.2 Å². The van der Waals surface area contributed by atoms with Gasteiger partial charge in [-0.2, -0.15) is 0 Å². The molecule has 0 aliphatic rings. The molecule has 2 aromatic heterocycles. The Morgan fingerprint density at radius 3 is 2.71 bits per heavy atom. The van der Waals surface area contributed by atoms with E-state index in [0.717, 1.165) is 0 Å². The number of hydrogen-bond acceptors (Lipinski definition) is 4. The lowest BCUT2D eigenvalue weighted by molar-refractivity contribution is -0.120. The van der Waals surface area contributed by atoms with E-state index in [1.165, 1.54) is 12.3 Å². The summed E-state index contributed by atoms with van der Waals surface area (Å²) in [7, 11) is -3.94. The number of nitrogens with zero attached hydrogens (tertiary/aromatic N) is 2. The quantitative estimate of drug-likeness (QED) is 0.772. The Labute approximate surface area is 140 Å². The van der Waals surface area contributed by atoms with Gasteiger partial charge < -0.3 is 4.57 Å². The van der Waals surface area contributed by atoms with Gasteiger partial charge >= 0.3 is 0 Å². The summed E-state index contributed by atoms with van der Waals surface area (Å²) in [4.78, 5) is 16.2. The van der Waals surface area contributed by atoms with E-state index in [4.69, 9.17) is 0 Å². The normalized spacial score (nSPS) is 12.9. The summed E-state index contributed by atoms with van der Waals surface area (Å²) in [5.74, 6) is -0.540. The first kappa shape index (κ1) is 16.2. The second-order valence-electron chi connectivity index (χ2n) is 5.57. The molecule has 3 aromatic rings. The molecule has 6 nitrogen and oxygen atoms in total. The minimum absolute atomic E-state index is 0.0697. The lowest BCUT2D eigenvalue weighted by Crippen LogP contribution is -2.32. The number of carbonyl (C=O) groups excluding carboxylic acids is 1. The zero-order valence-electron chi connectivity index (χ0n) is 13.1. The van der Waals surface area contributed by atoms with Crippen LogP contribution in [0.15, 0.2) is 66.1 Å². The highest BCUT2D eigenvalue weighted by atomic mass is 32.2. The Morgan fingerprint density at radius 1 is 1.21 bits per heavy atom. The number of sulfonamides is 1. The second-order valence-corrected chi connectivity index (χ2v) is 7.22. The average molecular weight is 343 g/mol. The fourth-order valence-electron chi connectivity index (χ4n) is 2.59. The number of hydrogen-bond donors (Lipinski definition) is 1. The van der Waals surface area contributed by atoms with Crippen molar-refractivity contribution in [1.82, 2.24) is 14.3 Å². The Bertz CT molecular complexity index is 960. The summed E-state index contributed by atoms with van der Waals surface area (Å²) in [5.41, 5.74) is 0. The molecule has 1 N–H and O–H groups in total. The van der Waals surface area contributed by atoms with E-state index in [9.17, 15) is 13.2 Å². The van der Waals surface area contributed by atoms with Crippen LogP contribution in [0.3, 0.4) is 0 Å². The molecule has 3 rings (SSSR count). The molecule has 2 heterocycles. The predicted molar refractivity (Wildman–Crippen MR) is 90.8 cm³/mol. The van der Waals surface area contributed by atoms with Gasteiger partial charge in [-0.1, -0.05) is 12.1 Å². The van der Waals surface area contributed by atoms with Gasteiger partial charge in [-0.15, -0.1) is 0 Å². The van der Waals surface area contributed by atoms with Gasteiger partial charge in [0.25, 0.3) is 10.0 Å². The number of rotatable bonds is 5. The van der Waals surface area contributed by atoms with Crippen LogP contribution in [0.2, 0.25) is 0 Å². The Hall–Kier alpha value is -2.67. The van der Waals surface area contributed by atoms with Crippen molar-refractivity contribution in [1.29, 1.82) is 0 Å². The lowest BCUT2D eigenvalue weighted by Gasteiger charge is -2.14. The topological polar surface area (TPSA) is 81.1 Å². The fourth-order valence-corrected chi connectivity index (χ4v) is 3.82. The molecule has 0 radical (unpaired) electrons. The van der Waals surface area contributed by atoms with Gasteiger partial charge in [0, 0.05) is 48.0 Å². The number of amides is 1. The molecule has 1 unspecified atom stereocenters. The first-order valence-electron chi connectivity index (χ1n) is 7.48. The van der Waals surface area contributed by atoms with E-state index in [1.807, 2.05) is 36.0 Å². The average Bonchev–Trinajstić information content (AvgIpc) is 3.08. The molecule has 1 aromatic carbocycles. The van der Waals surface area contributed by atoms with Crippen molar-refractivity contribution in [2.75, 3.05) is 0 Å². The van der Waals surface area contributed by atoms with E-state index in [0.29, 0.717) is 10.8 Å². The molecule has 0 saturated carbocycles. The third-order valence-electron chi connectivity index (χ3n) is 3.80. The molecule has 7 heteroatoms. The highest BCUT2D eigenvalue weighted by Crippen LogP contribution is 2.22. The van der Waals surface area contributed by atoms with Crippen LogP contribution >= 0.6 is 0 Å². The predicted octanol–water partition coefficient (Wildman–Crippen LogP) is 2.49. The maximum absolute atomic E-state index is 12.6. The molecule has 24 heavy (non-hydrogen) atoms. The summed E-state index contributed by atoms with van der Waals surface area (Å²) in [5, 5.41) is 1.24. The van der Waals surface area contributed by atoms with Crippen LogP contribution < -0.4 is 4.72 Å². The standard InChI is InChI=1S/C17H17N3O3S/c1-13(20-9-2-3-10-20)11-17(21)19-24(22,23)16-6-4-5-14-12-18-8-7-15(14)16/h2-10,12-13H,11H2,1H3,(H,19,21). The lowest BCUT2D eigenvalue weighted by atomic mass is 10.2. The van der Waals surface area contributed by atoms with E-state index >= 15 is 0 Å². The van der Waals surface area contributed by atoms with E-state index in [1.54, 1.807) is 24.4 Å². The second kappa shape index (κ2) is 6.45. The van der Waals surface area contributed by atoms with Gasteiger partial charge in [0.15, 0.2) is 0 Å². The molecule has 1 atom stereocenters. The van der Waals surface area contributed by atoms with Gasteiger partial charge in [-0.3, -0.25) is 9.78 Å². The molecule has 0 aliphatic heterocycles. The van der Waals surface area contributed by atoms with Gasteiger partial charge in [-0.25, -0.2) is 13.1 Å². The molecule has 1 amide bonds. The molecule has 0 spiro atoms. The fraction of sp³-hybridized carbons (Fsp3) is 0.176. The summed E-state index contributed by atoms with van der Waals surface area (Å²) < 4.78 is 29.1. The summed E-state index contributed by atoms with van der Waals surface area (Å²) in [6.07, 6.45) is 6.86. The third kappa shape index (κ3) is 3.30. The first-order chi connectivity index (χ1) is 11.5. The van der Waals surface area contributed by atoms with Gasteiger partial charge in [0.2, 0.25) is 5.91 Å².